The molecule has 0 aromatic rings. The SMILES string of the molecule is CC(C)C1=CC2=C(OC3CCC(N)CC3)N=C[N+](C)(C)C2S1. The number of hydrogen-bond donors (Lipinski definition) is 1. The van der Waals surface area contributed by atoms with E-state index in [1.54, 1.807) is 0 Å². The molecule has 1 fully saturated rings. The van der Waals surface area contributed by atoms with Crippen LogP contribution < -0.4 is 5.73 Å². The molecule has 3 rings (SSSR count). The van der Waals surface area contributed by atoms with Crippen molar-refractivity contribution in [2.24, 2.45) is 16.6 Å². The predicted octanol–water partition coefficient (Wildman–Crippen LogP) is 3.22. The summed E-state index contributed by atoms with van der Waals surface area (Å²) < 4.78 is 7.05. The number of aliphatic imine (C=N–C) groups is 1. The molecule has 1 unspecified atom stereocenters. The van der Waals surface area contributed by atoms with Gasteiger partial charge in [0.2, 0.25) is 5.88 Å². The van der Waals surface area contributed by atoms with Crippen LogP contribution in [0.25, 0.3) is 0 Å². The summed E-state index contributed by atoms with van der Waals surface area (Å²) in [6.45, 7) is 4.50. The zero-order chi connectivity index (χ0) is 15.9. The van der Waals surface area contributed by atoms with Gasteiger partial charge < -0.3 is 10.5 Å². The molecule has 22 heavy (non-hydrogen) atoms. The van der Waals surface area contributed by atoms with E-state index in [0.29, 0.717) is 17.3 Å². The third kappa shape index (κ3) is 3.12. The predicted molar refractivity (Wildman–Crippen MR) is 93.2 cm³/mol. The van der Waals surface area contributed by atoms with E-state index in [2.05, 4.69) is 39.0 Å². The van der Waals surface area contributed by atoms with Gasteiger partial charge in [-0.2, -0.15) is 4.99 Å². The molecule has 122 valence electrons. The lowest BCUT2D eigenvalue weighted by Crippen LogP contribution is -2.48. The maximum absolute atomic E-state index is 6.27. The normalized spacial score (nSPS) is 33.9. The molecule has 3 aliphatic rings. The number of nitrogens with zero attached hydrogens (tertiary/aromatic N) is 2. The fraction of sp³-hybridized carbons (Fsp3) is 0.706. The van der Waals surface area contributed by atoms with E-state index >= 15 is 0 Å². The van der Waals surface area contributed by atoms with E-state index in [4.69, 9.17) is 10.5 Å². The average Bonchev–Trinajstić information content (AvgIpc) is 2.91. The first-order chi connectivity index (χ1) is 10.4. The van der Waals surface area contributed by atoms with Gasteiger partial charge in [0.25, 0.3) is 0 Å². The minimum absolute atomic E-state index is 0.273. The summed E-state index contributed by atoms with van der Waals surface area (Å²) in [4.78, 5) is 6.08. The van der Waals surface area contributed by atoms with Gasteiger partial charge in [-0.3, -0.25) is 4.48 Å². The summed E-state index contributed by atoms with van der Waals surface area (Å²) in [6, 6.07) is 0.352. The Balaban J connectivity index is 1.82. The second kappa shape index (κ2) is 6.02. The number of rotatable bonds is 3. The Bertz CT molecular complexity index is 528. The number of thioether (sulfide) groups is 1. The van der Waals surface area contributed by atoms with Crippen LogP contribution in [0.3, 0.4) is 0 Å². The minimum atomic E-state index is 0.273. The van der Waals surface area contributed by atoms with E-state index in [1.807, 2.05) is 18.1 Å². The third-order valence-corrected chi connectivity index (χ3v) is 6.58. The first-order valence-electron chi connectivity index (χ1n) is 8.30. The van der Waals surface area contributed by atoms with Crippen molar-refractivity contribution in [2.75, 3.05) is 14.1 Å². The van der Waals surface area contributed by atoms with Gasteiger partial charge in [0.05, 0.1) is 19.7 Å². The number of likely N-dealkylation sites (N-methyl/N-ethyl adjacent to an activating group) is 1. The first-order valence-corrected chi connectivity index (χ1v) is 9.18. The monoisotopic (exact) mass is 322 g/mol. The number of nitrogens with two attached hydrogens (primary N) is 1. The molecule has 1 saturated carbocycles. The van der Waals surface area contributed by atoms with Crippen LogP contribution in [0.1, 0.15) is 39.5 Å². The molecule has 1 atom stereocenters. The maximum atomic E-state index is 6.27. The first kappa shape index (κ1) is 16.1. The molecule has 0 saturated heterocycles. The van der Waals surface area contributed by atoms with Crippen molar-refractivity contribution in [3.63, 3.8) is 0 Å². The van der Waals surface area contributed by atoms with Crippen molar-refractivity contribution >= 4 is 18.1 Å². The second-order valence-electron chi connectivity index (χ2n) is 7.46. The van der Waals surface area contributed by atoms with Crippen LogP contribution in [0.15, 0.2) is 27.4 Å². The standard InChI is InChI=1S/C17H28N3OS/c1-11(2)15-9-14-16(19-10-20(3,4)17(14)22-15)21-13-7-5-12(18)6-8-13/h9-13,17H,5-8,18H2,1-4H3/q+1. The Morgan fingerprint density at radius 3 is 2.59 bits per heavy atom. The molecule has 1 aliphatic carbocycles. The fourth-order valence-electron chi connectivity index (χ4n) is 3.21. The molecule has 0 aromatic carbocycles. The quantitative estimate of drug-likeness (QED) is 0.812. The number of hydrogen-bond acceptors (Lipinski definition) is 4. The largest absolute Gasteiger partial charge is 0.474 e. The summed E-state index contributed by atoms with van der Waals surface area (Å²) in [6.07, 6.45) is 8.81. The third-order valence-electron chi connectivity index (χ3n) is 4.70. The van der Waals surface area contributed by atoms with Gasteiger partial charge in [0.1, 0.15) is 6.10 Å². The average molecular weight is 322 g/mol. The Hall–Kier alpha value is -0.780. The summed E-state index contributed by atoms with van der Waals surface area (Å²) >= 11 is 1.96. The molecule has 0 spiro atoms. The van der Waals surface area contributed by atoms with Crippen LogP contribution in [0.4, 0.5) is 0 Å². The highest BCUT2D eigenvalue weighted by Crippen LogP contribution is 2.46. The minimum Gasteiger partial charge on any atom is -0.474 e. The molecule has 0 bridgehead atoms. The van der Waals surface area contributed by atoms with Crippen LogP contribution in [0, 0.1) is 5.92 Å². The molecular weight excluding hydrogens is 294 g/mol. The zero-order valence-corrected chi connectivity index (χ0v) is 14.9. The van der Waals surface area contributed by atoms with Gasteiger partial charge in [-0.25, -0.2) is 0 Å². The van der Waals surface area contributed by atoms with Gasteiger partial charge in [0.15, 0.2) is 11.7 Å². The summed E-state index contributed by atoms with van der Waals surface area (Å²) in [5.41, 5.74) is 7.25. The van der Waals surface area contributed by atoms with Crippen molar-refractivity contribution < 1.29 is 9.22 Å². The molecule has 4 nitrogen and oxygen atoms in total. The summed E-state index contributed by atoms with van der Waals surface area (Å²) in [5.74, 6) is 1.39. The summed E-state index contributed by atoms with van der Waals surface area (Å²) in [7, 11) is 4.41. The van der Waals surface area contributed by atoms with Crippen LogP contribution in [-0.2, 0) is 4.74 Å². The van der Waals surface area contributed by atoms with Crippen molar-refractivity contribution in [3.05, 3.63) is 22.4 Å². The highest BCUT2D eigenvalue weighted by Gasteiger charge is 2.42. The van der Waals surface area contributed by atoms with Crippen molar-refractivity contribution in [1.29, 1.82) is 0 Å². The smallest absolute Gasteiger partial charge is 0.228 e. The van der Waals surface area contributed by atoms with Crippen molar-refractivity contribution in [3.8, 4) is 0 Å². The Labute approximate surface area is 138 Å². The molecule has 0 radical (unpaired) electrons. The Morgan fingerprint density at radius 1 is 1.27 bits per heavy atom. The highest BCUT2D eigenvalue weighted by atomic mass is 32.2. The van der Waals surface area contributed by atoms with E-state index < -0.39 is 0 Å². The van der Waals surface area contributed by atoms with Crippen LogP contribution >= 0.6 is 11.8 Å². The molecule has 0 aromatic heterocycles. The Kier molecular flexibility index (Phi) is 4.40. The molecule has 5 heteroatoms. The van der Waals surface area contributed by atoms with Gasteiger partial charge in [-0.1, -0.05) is 25.6 Å². The van der Waals surface area contributed by atoms with E-state index in [9.17, 15) is 0 Å². The zero-order valence-electron chi connectivity index (χ0n) is 14.1. The lowest BCUT2D eigenvalue weighted by molar-refractivity contribution is -0.798. The number of allylic oxidation sites excluding steroid dienone is 1. The second-order valence-corrected chi connectivity index (χ2v) is 8.61. The fourth-order valence-corrected chi connectivity index (χ4v) is 4.56. The Morgan fingerprint density at radius 2 is 1.95 bits per heavy atom. The van der Waals surface area contributed by atoms with E-state index in [1.165, 1.54) is 10.5 Å². The lowest BCUT2D eigenvalue weighted by Gasteiger charge is -2.35. The van der Waals surface area contributed by atoms with Gasteiger partial charge in [0, 0.05) is 6.04 Å². The lowest BCUT2D eigenvalue weighted by atomic mass is 9.94. The van der Waals surface area contributed by atoms with E-state index in [0.717, 1.165) is 36.0 Å². The number of fused-ring (bicyclic) bond motifs is 1. The van der Waals surface area contributed by atoms with Gasteiger partial charge in [-0.15, -0.1) is 0 Å². The molecule has 2 N–H and O–H groups in total. The van der Waals surface area contributed by atoms with Crippen LogP contribution in [-0.4, -0.2) is 42.4 Å². The number of quaternary nitrogens is 1. The van der Waals surface area contributed by atoms with Gasteiger partial charge in [-0.05, 0) is 42.6 Å². The molecule has 0 amide bonds. The molecule has 2 heterocycles. The topological polar surface area (TPSA) is 47.6 Å². The van der Waals surface area contributed by atoms with Crippen molar-refractivity contribution in [1.82, 2.24) is 0 Å². The molecule has 2 aliphatic heterocycles. The maximum Gasteiger partial charge on any atom is 0.228 e. The van der Waals surface area contributed by atoms with Crippen LogP contribution in [0.2, 0.25) is 0 Å². The highest BCUT2D eigenvalue weighted by molar-refractivity contribution is 8.04. The van der Waals surface area contributed by atoms with Crippen LogP contribution in [0.5, 0.6) is 0 Å². The number of ether oxygens (including phenoxy) is 1. The van der Waals surface area contributed by atoms with Gasteiger partial charge >= 0.3 is 0 Å². The molecular formula is C17H28N3OS+. The van der Waals surface area contributed by atoms with E-state index in [-0.39, 0.29) is 6.10 Å². The van der Waals surface area contributed by atoms with Crippen molar-refractivity contribution in [2.45, 2.75) is 57.1 Å². The summed E-state index contributed by atoms with van der Waals surface area (Å²) in [5, 5.41) is 0.371.